The molecule has 0 aliphatic heterocycles. The number of nitrogens with two attached hydrogens (primary N) is 1. The lowest BCUT2D eigenvalue weighted by atomic mass is 9.90. The van der Waals surface area contributed by atoms with E-state index in [-0.39, 0.29) is 31.0 Å². The van der Waals surface area contributed by atoms with Crippen molar-refractivity contribution >= 4 is 31.5 Å². The molecule has 1 saturated carbocycles. The van der Waals surface area contributed by atoms with Crippen LogP contribution in [0.25, 0.3) is 0 Å². The van der Waals surface area contributed by atoms with Crippen LogP contribution < -0.4 is 5.73 Å². The predicted molar refractivity (Wildman–Crippen MR) is 227 cm³/mol. The van der Waals surface area contributed by atoms with E-state index >= 15 is 0 Å². The zero-order valence-electron chi connectivity index (χ0n) is 35.8. The Balaban J connectivity index is 2.51. The number of hydrogen-bond donors (Lipinski definition) is 5. The van der Waals surface area contributed by atoms with Crippen LogP contribution in [0.4, 0.5) is 0 Å². The van der Waals surface area contributed by atoms with Gasteiger partial charge < -0.3 is 35.4 Å². The maximum Gasteiger partial charge on any atom is 0.472 e. The second kappa shape index (κ2) is 33.9. The van der Waals surface area contributed by atoms with Crippen molar-refractivity contribution in [2.45, 2.75) is 186 Å². The minimum atomic E-state index is -4.78. The number of carboxylic acids is 1. The van der Waals surface area contributed by atoms with Crippen LogP contribution in [0.1, 0.15) is 162 Å². The van der Waals surface area contributed by atoms with Gasteiger partial charge in [-0.3, -0.25) is 28.2 Å². The zero-order chi connectivity index (χ0) is 43.7. The Labute approximate surface area is 353 Å². The number of carboxylic acid groups (broad SMARTS) is 1. The summed E-state index contributed by atoms with van der Waals surface area (Å²) in [5.74, 6) is -3.43. The van der Waals surface area contributed by atoms with E-state index in [2.05, 4.69) is 30.5 Å². The van der Waals surface area contributed by atoms with Crippen LogP contribution in [0.2, 0.25) is 0 Å². The van der Waals surface area contributed by atoms with Crippen molar-refractivity contribution in [2.75, 3.05) is 19.8 Å². The quantitative estimate of drug-likeness (QED) is 0.0172. The summed E-state index contributed by atoms with van der Waals surface area (Å²) in [4.78, 5) is 58.6. The highest BCUT2D eigenvalue weighted by Gasteiger charge is 2.39. The number of esters is 2. The number of ether oxygens (including phenoxy) is 2. The highest BCUT2D eigenvalue weighted by molar-refractivity contribution is 7.47. The van der Waals surface area contributed by atoms with Gasteiger partial charge in [0.05, 0.1) is 25.4 Å². The average Bonchev–Trinajstić information content (AvgIpc) is 3.47. The lowest BCUT2D eigenvalue weighted by Crippen LogP contribution is -2.34. The van der Waals surface area contributed by atoms with Crippen molar-refractivity contribution in [1.82, 2.24) is 0 Å². The zero-order valence-corrected chi connectivity index (χ0v) is 36.7. The first-order chi connectivity index (χ1) is 28.3. The summed E-state index contributed by atoms with van der Waals surface area (Å²) >= 11 is 0. The fourth-order valence-electron chi connectivity index (χ4n) is 6.63. The molecular weight excluding hydrogens is 781 g/mol. The monoisotopic (exact) mass is 858 g/mol. The number of aliphatic hydroxyl groups excluding tert-OH is 2. The molecule has 0 aromatic rings. The standard InChI is InChI=1S/C44H76NO13P/c1-3-5-7-8-9-10-11-12-13-14-15-16-17-18-24-28-43(50)58-36(33-56-59(53,54)57-34-39(45)44(51)52)32-55-42(49)27-23-20-19-22-26-37-38(41(48)31-40(37)47)30-29-35(46)25-21-6-4-2/h10-11,19,22,29-30,35-40,46-47H,3-9,12-18,20-21,23-28,31-34,45H2,1-2H3,(H,51,52)(H,53,54)/b11-10-,22-19-,30-29+/t35-,36+,37+,38+,39-,40-/m0/s1. The molecule has 0 amide bonds. The number of carbonyl (C=O) groups is 4. The smallest absolute Gasteiger partial charge is 0.472 e. The summed E-state index contributed by atoms with van der Waals surface area (Å²) < 4.78 is 32.6. The Morgan fingerprint density at radius 3 is 2.00 bits per heavy atom. The number of ketones is 1. The second-order valence-corrected chi connectivity index (χ2v) is 17.1. The third-order valence-corrected chi connectivity index (χ3v) is 11.2. The van der Waals surface area contributed by atoms with Crippen LogP contribution in [-0.4, -0.2) is 88.1 Å². The van der Waals surface area contributed by atoms with Gasteiger partial charge in [0.2, 0.25) is 0 Å². The number of Topliss-reactive ketones (excluding diaryl/α,β-unsaturated/α-hetero) is 1. The molecule has 1 rings (SSSR count). The van der Waals surface area contributed by atoms with Crippen LogP contribution >= 0.6 is 7.82 Å². The van der Waals surface area contributed by atoms with Crippen molar-refractivity contribution in [3.63, 3.8) is 0 Å². The van der Waals surface area contributed by atoms with Crippen LogP contribution in [0.15, 0.2) is 36.5 Å². The van der Waals surface area contributed by atoms with E-state index in [9.17, 15) is 38.8 Å². The van der Waals surface area contributed by atoms with Gasteiger partial charge in [-0.05, 0) is 57.8 Å². The molecule has 340 valence electrons. The summed E-state index contributed by atoms with van der Waals surface area (Å²) in [7, 11) is -4.78. The SMILES string of the molecule is CCCCCC/C=C\CCCCCCCCCC(=O)O[C@H](COC(=O)CCC/C=C\C[C@H]1[C@@H](O)CC(=O)[C@@H]1/C=C/[C@@H](O)CCCCC)COP(=O)(O)OC[C@H](N)C(=O)O. The minimum Gasteiger partial charge on any atom is -0.480 e. The molecule has 0 spiro atoms. The Kier molecular flexibility index (Phi) is 31.2. The number of phosphoric acid groups is 1. The maximum atomic E-state index is 12.7. The Bertz CT molecular complexity index is 1310. The molecule has 7 atom stereocenters. The summed E-state index contributed by atoms with van der Waals surface area (Å²) in [6, 6.07) is -1.56. The topological polar surface area (TPSA) is 229 Å². The van der Waals surface area contributed by atoms with Gasteiger partial charge in [0.1, 0.15) is 18.4 Å². The number of unbranched alkanes of at least 4 members (excludes halogenated alkanes) is 14. The van der Waals surface area contributed by atoms with E-state index < -0.39 is 75.8 Å². The fourth-order valence-corrected chi connectivity index (χ4v) is 7.41. The van der Waals surface area contributed by atoms with Crippen LogP contribution in [0, 0.1) is 11.8 Å². The van der Waals surface area contributed by atoms with E-state index in [1.807, 2.05) is 12.2 Å². The number of phosphoric ester groups is 1. The van der Waals surface area contributed by atoms with Gasteiger partial charge in [-0.2, -0.15) is 0 Å². The summed E-state index contributed by atoms with van der Waals surface area (Å²) in [6.07, 6.45) is 28.6. The van der Waals surface area contributed by atoms with Crippen LogP contribution in [-0.2, 0) is 42.3 Å². The van der Waals surface area contributed by atoms with E-state index in [0.717, 1.165) is 57.8 Å². The second-order valence-electron chi connectivity index (χ2n) is 15.6. The summed E-state index contributed by atoms with van der Waals surface area (Å²) in [5, 5.41) is 29.6. The van der Waals surface area contributed by atoms with Gasteiger partial charge in [0.15, 0.2) is 6.10 Å². The number of carbonyl (C=O) groups excluding carboxylic acids is 3. The van der Waals surface area contributed by atoms with Crippen LogP contribution in [0.3, 0.4) is 0 Å². The molecule has 1 fully saturated rings. The molecule has 0 saturated heterocycles. The Morgan fingerprint density at radius 1 is 0.780 bits per heavy atom. The van der Waals surface area contributed by atoms with Gasteiger partial charge in [-0.25, -0.2) is 4.57 Å². The number of rotatable bonds is 37. The van der Waals surface area contributed by atoms with Gasteiger partial charge in [0, 0.05) is 31.1 Å². The Hall–Kier alpha value is -2.71. The first-order valence-electron chi connectivity index (χ1n) is 22.1. The van der Waals surface area contributed by atoms with Crippen molar-refractivity contribution in [3.05, 3.63) is 36.5 Å². The van der Waals surface area contributed by atoms with Gasteiger partial charge >= 0.3 is 25.7 Å². The molecule has 0 aromatic carbocycles. The first-order valence-corrected chi connectivity index (χ1v) is 23.6. The summed E-state index contributed by atoms with van der Waals surface area (Å²) in [6.45, 7) is 2.40. The lowest BCUT2D eigenvalue weighted by molar-refractivity contribution is -0.161. The van der Waals surface area contributed by atoms with Crippen molar-refractivity contribution in [1.29, 1.82) is 0 Å². The predicted octanol–water partition coefficient (Wildman–Crippen LogP) is 8.20. The summed E-state index contributed by atoms with van der Waals surface area (Å²) in [5.41, 5.74) is 5.33. The molecule has 14 nitrogen and oxygen atoms in total. The lowest BCUT2D eigenvalue weighted by Gasteiger charge is -2.20. The molecule has 6 N–H and O–H groups in total. The Morgan fingerprint density at radius 2 is 1.34 bits per heavy atom. The molecule has 0 bridgehead atoms. The largest absolute Gasteiger partial charge is 0.480 e. The van der Waals surface area contributed by atoms with Gasteiger partial charge in [-0.1, -0.05) is 121 Å². The third-order valence-electron chi connectivity index (χ3n) is 10.2. The maximum absolute atomic E-state index is 12.7. The highest BCUT2D eigenvalue weighted by Crippen LogP contribution is 2.43. The third kappa shape index (κ3) is 28.4. The normalized spacial score (nSPS) is 19.7. The molecule has 15 heteroatoms. The minimum absolute atomic E-state index is 0.0300. The average molecular weight is 858 g/mol. The van der Waals surface area contributed by atoms with E-state index in [4.69, 9.17) is 24.8 Å². The molecule has 59 heavy (non-hydrogen) atoms. The molecule has 1 aliphatic carbocycles. The number of hydrogen-bond acceptors (Lipinski definition) is 12. The van der Waals surface area contributed by atoms with Gasteiger partial charge in [0.25, 0.3) is 0 Å². The van der Waals surface area contributed by atoms with E-state index in [1.54, 1.807) is 12.2 Å². The molecular formula is C44H76NO13P. The van der Waals surface area contributed by atoms with E-state index in [0.29, 0.717) is 32.1 Å². The number of aliphatic hydroxyl groups is 2. The van der Waals surface area contributed by atoms with E-state index in [1.165, 1.54) is 38.5 Å². The molecule has 1 aliphatic rings. The van der Waals surface area contributed by atoms with Crippen LogP contribution in [0.5, 0.6) is 0 Å². The molecule has 1 unspecified atom stereocenters. The van der Waals surface area contributed by atoms with Crippen molar-refractivity contribution < 1.29 is 62.5 Å². The first kappa shape index (κ1) is 54.3. The highest BCUT2D eigenvalue weighted by atomic mass is 31.2. The molecule has 0 aromatic heterocycles. The number of aliphatic carboxylic acids is 1. The number of allylic oxidation sites excluding steroid dienone is 5. The van der Waals surface area contributed by atoms with Crippen molar-refractivity contribution in [2.24, 2.45) is 17.6 Å². The van der Waals surface area contributed by atoms with Crippen molar-refractivity contribution in [3.8, 4) is 0 Å². The van der Waals surface area contributed by atoms with Gasteiger partial charge in [-0.15, -0.1) is 0 Å². The molecule has 0 heterocycles. The fraction of sp³-hybridized carbons (Fsp3) is 0.773. The molecule has 0 radical (unpaired) electrons.